The quantitative estimate of drug-likeness (QED) is 0.706. The SMILES string of the molecule is CCCn1c(=O)c2ccccc2c2nc(C)sc21. The zero-order valence-corrected chi connectivity index (χ0v) is 11.3. The van der Waals surface area contributed by atoms with Gasteiger partial charge in [-0.1, -0.05) is 25.1 Å². The Kier molecular flexibility index (Phi) is 2.67. The monoisotopic (exact) mass is 258 g/mol. The Hall–Kier alpha value is -1.68. The summed E-state index contributed by atoms with van der Waals surface area (Å²) in [6.45, 7) is 4.82. The normalized spacial score (nSPS) is 11.4. The lowest BCUT2D eigenvalue weighted by Crippen LogP contribution is -2.19. The van der Waals surface area contributed by atoms with Gasteiger partial charge in [0.15, 0.2) is 0 Å². The van der Waals surface area contributed by atoms with Crippen LogP contribution in [0.1, 0.15) is 18.4 Å². The lowest BCUT2D eigenvalue weighted by molar-refractivity contribution is 0.686. The summed E-state index contributed by atoms with van der Waals surface area (Å²) in [5.74, 6) is 0. The number of pyridine rings is 1. The molecule has 0 aliphatic carbocycles. The summed E-state index contributed by atoms with van der Waals surface area (Å²) in [4.78, 5) is 18.1. The number of hydrogen-bond acceptors (Lipinski definition) is 3. The number of benzene rings is 1. The Morgan fingerprint density at radius 2 is 2.00 bits per heavy atom. The van der Waals surface area contributed by atoms with Crippen LogP contribution in [-0.2, 0) is 6.54 Å². The second-order valence-electron chi connectivity index (χ2n) is 4.39. The molecule has 0 aliphatic heterocycles. The van der Waals surface area contributed by atoms with Gasteiger partial charge in [0.25, 0.3) is 5.56 Å². The van der Waals surface area contributed by atoms with Crippen LogP contribution >= 0.6 is 11.3 Å². The molecule has 0 atom stereocenters. The van der Waals surface area contributed by atoms with E-state index in [1.807, 2.05) is 35.8 Å². The van der Waals surface area contributed by atoms with Crippen LogP contribution in [-0.4, -0.2) is 9.55 Å². The predicted octanol–water partition coefficient (Wildman–Crippen LogP) is 3.33. The molecule has 3 rings (SSSR count). The minimum absolute atomic E-state index is 0.101. The average Bonchev–Trinajstić information content (AvgIpc) is 2.76. The van der Waals surface area contributed by atoms with Crippen LogP contribution < -0.4 is 5.56 Å². The van der Waals surface area contributed by atoms with Crippen LogP contribution in [0.15, 0.2) is 29.1 Å². The first kappa shape index (κ1) is 11.4. The number of aryl methyl sites for hydroxylation is 2. The molecule has 0 fully saturated rings. The Bertz CT molecular complexity index is 785. The molecule has 92 valence electrons. The van der Waals surface area contributed by atoms with E-state index in [9.17, 15) is 4.79 Å². The van der Waals surface area contributed by atoms with Gasteiger partial charge in [0, 0.05) is 17.3 Å². The minimum atomic E-state index is 0.101. The fourth-order valence-electron chi connectivity index (χ4n) is 2.32. The van der Waals surface area contributed by atoms with Crippen LogP contribution in [0, 0.1) is 6.92 Å². The average molecular weight is 258 g/mol. The van der Waals surface area contributed by atoms with E-state index in [2.05, 4.69) is 11.9 Å². The fourth-order valence-corrected chi connectivity index (χ4v) is 3.27. The van der Waals surface area contributed by atoms with E-state index in [0.717, 1.165) is 39.1 Å². The third-order valence-electron chi connectivity index (χ3n) is 3.07. The van der Waals surface area contributed by atoms with E-state index >= 15 is 0 Å². The standard InChI is InChI=1S/C14H14N2OS/c1-3-8-16-13(17)11-7-5-4-6-10(11)12-14(16)18-9(2)15-12/h4-7H,3,8H2,1-2H3. The second-order valence-corrected chi connectivity index (χ2v) is 5.57. The van der Waals surface area contributed by atoms with Crippen molar-refractivity contribution in [2.24, 2.45) is 0 Å². The molecule has 0 N–H and O–H groups in total. The van der Waals surface area contributed by atoms with E-state index in [0.29, 0.717) is 0 Å². The van der Waals surface area contributed by atoms with Crippen molar-refractivity contribution >= 4 is 32.5 Å². The zero-order chi connectivity index (χ0) is 12.7. The molecule has 0 spiro atoms. The summed E-state index contributed by atoms with van der Waals surface area (Å²) < 4.78 is 1.86. The third kappa shape index (κ3) is 1.56. The number of nitrogens with zero attached hydrogens (tertiary/aromatic N) is 2. The van der Waals surface area contributed by atoms with Gasteiger partial charge in [-0.25, -0.2) is 4.98 Å². The van der Waals surface area contributed by atoms with Crippen LogP contribution in [0.2, 0.25) is 0 Å². The molecule has 2 heterocycles. The summed E-state index contributed by atoms with van der Waals surface area (Å²) in [5.41, 5.74) is 1.06. The lowest BCUT2D eigenvalue weighted by atomic mass is 10.1. The van der Waals surface area contributed by atoms with E-state index in [1.165, 1.54) is 0 Å². The van der Waals surface area contributed by atoms with Gasteiger partial charge >= 0.3 is 0 Å². The van der Waals surface area contributed by atoms with Gasteiger partial charge in [-0.15, -0.1) is 11.3 Å². The maximum absolute atomic E-state index is 12.5. The summed E-state index contributed by atoms with van der Waals surface area (Å²) in [6, 6.07) is 7.73. The Morgan fingerprint density at radius 1 is 1.28 bits per heavy atom. The van der Waals surface area contributed by atoms with Gasteiger partial charge in [-0.3, -0.25) is 9.36 Å². The van der Waals surface area contributed by atoms with Crippen molar-refractivity contribution < 1.29 is 0 Å². The first-order valence-electron chi connectivity index (χ1n) is 6.11. The highest BCUT2D eigenvalue weighted by atomic mass is 32.1. The van der Waals surface area contributed by atoms with E-state index in [-0.39, 0.29) is 5.56 Å². The molecule has 2 aromatic heterocycles. The van der Waals surface area contributed by atoms with Crippen molar-refractivity contribution in [3.63, 3.8) is 0 Å². The molecule has 0 bridgehead atoms. The van der Waals surface area contributed by atoms with Gasteiger partial charge in [0.2, 0.25) is 0 Å². The van der Waals surface area contributed by atoms with E-state index in [1.54, 1.807) is 11.3 Å². The number of rotatable bonds is 2. The van der Waals surface area contributed by atoms with Crippen molar-refractivity contribution in [2.75, 3.05) is 0 Å². The van der Waals surface area contributed by atoms with Gasteiger partial charge < -0.3 is 0 Å². The van der Waals surface area contributed by atoms with Crippen molar-refractivity contribution in [3.8, 4) is 0 Å². The predicted molar refractivity (Wildman–Crippen MR) is 76.4 cm³/mol. The highest BCUT2D eigenvalue weighted by Crippen LogP contribution is 2.26. The van der Waals surface area contributed by atoms with Gasteiger partial charge in [-0.05, 0) is 19.4 Å². The highest BCUT2D eigenvalue weighted by molar-refractivity contribution is 7.18. The van der Waals surface area contributed by atoms with Gasteiger partial charge in [-0.2, -0.15) is 0 Å². The molecule has 4 heteroatoms. The van der Waals surface area contributed by atoms with Crippen LogP contribution in [0.3, 0.4) is 0 Å². The van der Waals surface area contributed by atoms with Crippen LogP contribution in [0.5, 0.6) is 0 Å². The van der Waals surface area contributed by atoms with Crippen molar-refractivity contribution in [3.05, 3.63) is 39.6 Å². The zero-order valence-electron chi connectivity index (χ0n) is 10.4. The van der Waals surface area contributed by atoms with Gasteiger partial charge in [0.05, 0.1) is 5.01 Å². The molecule has 18 heavy (non-hydrogen) atoms. The molecule has 3 nitrogen and oxygen atoms in total. The summed E-state index contributed by atoms with van der Waals surface area (Å²) in [5, 5.41) is 2.74. The molecular formula is C14H14N2OS. The second kappa shape index (κ2) is 4.21. The van der Waals surface area contributed by atoms with Crippen LogP contribution in [0.25, 0.3) is 21.1 Å². The summed E-state index contributed by atoms with van der Waals surface area (Å²) in [6.07, 6.45) is 0.949. The molecule has 0 saturated heterocycles. The molecular weight excluding hydrogens is 244 g/mol. The van der Waals surface area contributed by atoms with Crippen molar-refractivity contribution in [2.45, 2.75) is 26.8 Å². The van der Waals surface area contributed by atoms with Crippen LogP contribution in [0.4, 0.5) is 0 Å². The first-order valence-corrected chi connectivity index (χ1v) is 6.92. The first-order chi connectivity index (χ1) is 8.72. The third-order valence-corrected chi connectivity index (χ3v) is 4.06. The Balaban J connectivity index is 2.57. The molecule has 0 aliphatic rings. The smallest absolute Gasteiger partial charge is 0.259 e. The highest BCUT2D eigenvalue weighted by Gasteiger charge is 2.13. The molecule has 0 saturated carbocycles. The molecule has 3 aromatic rings. The molecule has 1 aromatic carbocycles. The molecule has 0 radical (unpaired) electrons. The molecule has 0 unspecified atom stereocenters. The Morgan fingerprint density at radius 3 is 2.72 bits per heavy atom. The van der Waals surface area contributed by atoms with Crippen molar-refractivity contribution in [1.29, 1.82) is 0 Å². The van der Waals surface area contributed by atoms with E-state index < -0.39 is 0 Å². The molecule has 0 amide bonds. The number of thiazole rings is 1. The number of aromatic nitrogens is 2. The fraction of sp³-hybridized carbons (Fsp3) is 0.286. The minimum Gasteiger partial charge on any atom is -0.298 e. The topological polar surface area (TPSA) is 34.9 Å². The maximum Gasteiger partial charge on any atom is 0.259 e. The van der Waals surface area contributed by atoms with Crippen molar-refractivity contribution in [1.82, 2.24) is 9.55 Å². The number of fused-ring (bicyclic) bond motifs is 3. The number of hydrogen-bond donors (Lipinski definition) is 0. The summed E-state index contributed by atoms with van der Waals surface area (Å²) in [7, 11) is 0. The summed E-state index contributed by atoms with van der Waals surface area (Å²) >= 11 is 1.60. The maximum atomic E-state index is 12.5. The van der Waals surface area contributed by atoms with Gasteiger partial charge in [0.1, 0.15) is 10.3 Å². The van der Waals surface area contributed by atoms with E-state index in [4.69, 9.17) is 0 Å². The Labute approximate surface area is 109 Å². The largest absolute Gasteiger partial charge is 0.298 e. The lowest BCUT2D eigenvalue weighted by Gasteiger charge is -2.07.